The highest BCUT2D eigenvalue weighted by molar-refractivity contribution is 5.77. The first kappa shape index (κ1) is 12.0. The van der Waals surface area contributed by atoms with E-state index in [1.54, 1.807) is 7.05 Å². The Morgan fingerprint density at radius 1 is 1.12 bits per heavy atom. The molecule has 0 aromatic carbocycles. The highest BCUT2D eigenvalue weighted by Gasteiger charge is 1.93. The van der Waals surface area contributed by atoms with E-state index in [0.29, 0.717) is 0 Å². The molecule has 0 aromatic heterocycles. The van der Waals surface area contributed by atoms with Gasteiger partial charge in [0, 0.05) is 13.2 Å². The van der Waals surface area contributed by atoms with Crippen molar-refractivity contribution in [2.45, 2.75) is 0 Å². The second-order valence-corrected chi connectivity index (χ2v) is 3.19. The van der Waals surface area contributed by atoms with Crippen LogP contribution in [0, 0.1) is 0 Å². The fourth-order valence-corrected chi connectivity index (χ4v) is 1.09. The van der Waals surface area contributed by atoms with Crippen LogP contribution in [0.15, 0.2) is 60.4 Å². The Kier molecular flexibility index (Phi) is 5.48. The van der Waals surface area contributed by atoms with Crippen molar-refractivity contribution in [2.75, 3.05) is 13.6 Å². The van der Waals surface area contributed by atoms with Crippen molar-refractivity contribution in [1.82, 2.24) is 10.6 Å². The van der Waals surface area contributed by atoms with Crippen LogP contribution in [0.4, 0.5) is 0 Å². The van der Waals surface area contributed by atoms with E-state index >= 15 is 0 Å². The van der Waals surface area contributed by atoms with Gasteiger partial charge in [0.15, 0.2) is 0 Å². The van der Waals surface area contributed by atoms with Crippen molar-refractivity contribution in [3.63, 3.8) is 0 Å². The van der Waals surface area contributed by atoms with Crippen molar-refractivity contribution in [1.29, 1.82) is 0 Å². The van der Waals surface area contributed by atoms with Crippen LogP contribution in [0.2, 0.25) is 0 Å². The molecule has 1 amide bonds. The Morgan fingerprint density at radius 2 is 1.69 bits per heavy atom. The first-order valence-corrected chi connectivity index (χ1v) is 5.15. The maximum Gasteiger partial charge on any atom is 0.239 e. The molecule has 0 aromatic rings. The molecule has 0 bridgehead atoms. The SMILES string of the molecule is CNC(=O)CNC=C1C=C\C=C/C=C\C=C/1. The Morgan fingerprint density at radius 3 is 2.25 bits per heavy atom. The van der Waals surface area contributed by atoms with Gasteiger partial charge in [-0.15, -0.1) is 0 Å². The van der Waals surface area contributed by atoms with Crippen molar-refractivity contribution >= 4 is 5.91 Å². The van der Waals surface area contributed by atoms with E-state index < -0.39 is 0 Å². The molecular formula is C13H16N2O. The summed E-state index contributed by atoms with van der Waals surface area (Å²) in [7, 11) is 1.62. The Hall–Kier alpha value is -2.03. The minimum atomic E-state index is -0.0346. The molecule has 0 heterocycles. The molecule has 0 saturated heterocycles. The number of hydrogen-bond donors (Lipinski definition) is 2. The summed E-state index contributed by atoms with van der Waals surface area (Å²) in [6, 6.07) is 0. The van der Waals surface area contributed by atoms with Crippen LogP contribution in [0.1, 0.15) is 0 Å². The quantitative estimate of drug-likeness (QED) is 0.749. The lowest BCUT2D eigenvalue weighted by molar-refractivity contribution is -0.119. The molecule has 2 N–H and O–H groups in total. The van der Waals surface area contributed by atoms with Gasteiger partial charge in [-0.1, -0.05) is 48.6 Å². The van der Waals surface area contributed by atoms with Crippen LogP contribution in [0.5, 0.6) is 0 Å². The molecule has 0 unspecified atom stereocenters. The first-order chi connectivity index (χ1) is 7.83. The highest BCUT2D eigenvalue weighted by atomic mass is 16.1. The minimum Gasteiger partial charge on any atom is -0.382 e. The highest BCUT2D eigenvalue weighted by Crippen LogP contribution is 2.00. The zero-order valence-electron chi connectivity index (χ0n) is 9.31. The average molecular weight is 216 g/mol. The van der Waals surface area contributed by atoms with Crippen LogP contribution in [-0.4, -0.2) is 19.5 Å². The molecule has 1 rings (SSSR count). The summed E-state index contributed by atoms with van der Waals surface area (Å²) < 4.78 is 0. The van der Waals surface area contributed by atoms with E-state index in [4.69, 9.17) is 0 Å². The number of allylic oxidation sites excluding steroid dienone is 9. The number of nitrogens with one attached hydrogen (secondary N) is 2. The molecule has 0 radical (unpaired) electrons. The number of carbonyl (C=O) groups is 1. The van der Waals surface area contributed by atoms with E-state index in [-0.39, 0.29) is 12.5 Å². The molecule has 1 aliphatic carbocycles. The normalized spacial score (nSPS) is 22.7. The van der Waals surface area contributed by atoms with E-state index in [1.807, 2.05) is 54.8 Å². The Bertz CT molecular complexity index is 349. The summed E-state index contributed by atoms with van der Waals surface area (Å²) in [4.78, 5) is 11.0. The van der Waals surface area contributed by atoms with Gasteiger partial charge < -0.3 is 10.6 Å². The van der Waals surface area contributed by atoms with Gasteiger partial charge in [-0.05, 0) is 5.57 Å². The largest absolute Gasteiger partial charge is 0.382 e. The fourth-order valence-electron chi connectivity index (χ4n) is 1.09. The van der Waals surface area contributed by atoms with Gasteiger partial charge >= 0.3 is 0 Å². The smallest absolute Gasteiger partial charge is 0.239 e. The molecule has 0 atom stereocenters. The monoisotopic (exact) mass is 216 g/mol. The van der Waals surface area contributed by atoms with Crippen molar-refractivity contribution in [3.8, 4) is 0 Å². The van der Waals surface area contributed by atoms with E-state index in [0.717, 1.165) is 5.57 Å². The number of rotatable bonds is 3. The van der Waals surface area contributed by atoms with Gasteiger partial charge in [0.25, 0.3) is 0 Å². The lowest BCUT2D eigenvalue weighted by Gasteiger charge is -2.00. The number of likely N-dealkylation sites (N-methyl/N-ethyl adjacent to an activating group) is 1. The predicted octanol–water partition coefficient (Wildman–Crippen LogP) is 1.44. The van der Waals surface area contributed by atoms with Crippen LogP contribution in [0.25, 0.3) is 0 Å². The predicted molar refractivity (Wildman–Crippen MR) is 66.7 cm³/mol. The molecule has 1 aliphatic rings. The van der Waals surface area contributed by atoms with Crippen molar-refractivity contribution in [3.05, 3.63) is 60.4 Å². The Labute approximate surface area is 95.9 Å². The summed E-state index contributed by atoms with van der Waals surface area (Å²) in [5.74, 6) is -0.0346. The summed E-state index contributed by atoms with van der Waals surface area (Å²) in [5, 5.41) is 5.50. The first-order valence-electron chi connectivity index (χ1n) is 5.15. The van der Waals surface area contributed by atoms with E-state index in [2.05, 4.69) is 10.6 Å². The maximum atomic E-state index is 11.0. The molecule has 0 aliphatic heterocycles. The third kappa shape index (κ3) is 5.00. The Balaban J connectivity index is 2.56. The zero-order chi connectivity index (χ0) is 11.6. The molecule has 0 fully saturated rings. The van der Waals surface area contributed by atoms with Gasteiger partial charge in [0.05, 0.1) is 6.54 Å². The molecule has 84 valence electrons. The number of carbonyl (C=O) groups excluding carboxylic acids is 1. The topological polar surface area (TPSA) is 41.1 Å². The maximum absolute atomic E-state index is 11.0. The van der Waals surface area contributed by atoms with Gasteiger partial charge in [0.1, 0.15) is 0 Å². The molecule has 3 heteroatoms. The molecule has 0 spiro atoms. The second kappa shape index (κ2) is 7.29. The summed E-state index contributed by atoms with van der Waals surface area (Å²) >= 11 is 0. The van der Waals surface area contributed by atoms with E-state index in [1.165, 1.54) is 0 Å². The van der Waals surface area contributed by atoms with Gasteiger partial charge in [0.2, 0.25) is 5.91 Å². The minimum absolute atomic E-state index is 0.0346. The van der Waals surface area contributed by atoms with Crippen LogP contribution >= 0.6 is 0 Å². The molecule has 0 saturated carbocycles. The molecule has 3 nitrogen and oxygen atoms in total. The lowest BCUT2D eigenvalue weighted by atomic mass is 10.2. The second-order valence-electron chi connectivity index (χ2n) is 3.19. The number of amides is 1. The van der Waals surface area contributed by atoms with Crippen molar-refractivity contribution in [2.24, 2.45) is 0 Å². The fraction of sp³-hybridized carbons (Fsp3) is 0.154. The van der Waals surface area contributed by atoms with Gasteiger partial charge in [-0.25, -0.2) is 0 Å². The van der Waals surface area contributed by atoms with Gasteiger partial charge in [-0.2, -0.15) is 0 Å². The third-order valence-electron chi connectivity index (χ3n) is 1.94. The van der Waals surface area contributed by atoms with Crippen LogP contribution < -0.4 is 10.6 Å². The van der Waals surface area contributed by atoms with Crippen molar-refractivity contribution < 1.29 is 4.79 Å². The zero-order valence-corrected chi connectivity index (χ0v) is 9.31. The average Bonchev–Trinajstić information content (AvgIpc) is 2.42. The summed E-state index contributed by atoms with van der Waals surface area (Å²) in [5.41, 5.74) is 1.01. The standard InChI is InChI=1S/C13H16N2O/c1-14-13(16)11-15-10-12-8-6-4-2-3-5-7-9-12/h2-10,15H,11H2,1H3,(H,14,16)/b4-2-,5-3-,8-6-,9-7?,12-10?. The lowest BCUT2D eigenvalue weighted by Crippen LogP contribution is -2.28. The van der Waals surface area contributed by atoms with Crippen LogP contribution in [0.3, 0.4) is 0 Å². The third-order valence-corrected chi connectivity index (χ3v) is 1.94. The van der Waals surface area contributed by atoms with E-state index in [9.17, 15) is 4.79 Å². The number of hydrogen-bond acceptors (Lipinski definition) is 2. The van der Waals surface area contributed by atoms with Crippen LogP contribution in [-0.2, 0) is 4.79 Å². The summed E-state index contributed by atoms with van der Waals surface area (Å²) in [6.07, 6.45) is 17.5. The molecule has 16 heavy (non-hydrogen) atoms. The van der Waals surface area contributed by atoms with Gasteiger partial charge in [-0.3, -0.25) is 4.79 Å². The molecular weight excluding hydrogens is 200 g/mol. The summed E-state index contributed by atoms with van der Waals surface area (Å²) in [6.45, 7) is 0.285.